The van der Waals surface area contributed by atoms with Crippen LogP contribution >= 0.6 is 0 Å². The van der Waals surface area contributed by atoms with Gasteiger partial charge < -0.3 is 5.32 Å². The Hall–Kier alpha value is -0.460. The lowest BCUT2D eigenvalue weighted by Gasteiger charge is -2.20. The average Bonchev–Trinajstić information content (AvgIpc) is 2.03. The van der Waals surface area contributed by atoms with E-state index in [1.807, 2.05) is 0 Å². The van der Waals surface area contributed by atoms with E-state index >= 15 is 0 Å². The molecule has 1 fully saturated rings. The van der Waals surface area contributed by atoms with Crippen molar-refractivity contribution in [1.29, 1.82) is 0 Å². The Morgan fingerprint density at radius 1 is 1.38 bits per heavy atom. The number of primary sulfonamides is 1. The lowest BCUT2D eigenvalue weighted by molar-refractivity contribution is -0.121. The van der Waals surface area contributed by atoms with Gasteiger partial charge in [-0.2, -0.15) is 0 Å². The predicted molar refractivity (Wildman–Crippen MR) is 48.6 cm³/mol. The highest BCUT2D eigenvalue weighted by Gasteiger charge is 2.23. The lowest BCUT2D eigenvalue weighted by Crippen LogP contribution is -2.35. The molecule has 6 heteroatoms. The van der Waals surface area contributed by atoms with Crippen molar-refractivity contribution in [3.05, 3.63) is 0 Å². The van der Waals surface area contributed by atoms with Crippen LogP contribution in [0, 0.1) is 5.92 Å². The maximum Gasteiger partial charge on any atom is 0.216 e. The van der Waals surface area contributed by atoms with Gasteiger partial charge in [-0.05, 0) is 25.9 Å². The summed E-state index contributed by atoms with van der Waals surface area (Å²) in [5, 5.41) is 7.88. The van der Waals surface area contributed by atoms with E-state index < -0.39 is 15.8 Å². The van der Waals surface area contributed by atoms with Crippen LogP contribution in [0.3, 0.4) is 0 Å². The molecule has 0 spiro atoms. The zero-order chi connectivity index (χ0) is 9.90. The second-order valence-electron chi connectivity index (χ2n) is 3.30. The molecule has 1 aliphatic heterocycles. The lowest BCUT2D eigenvalue weighted by atomic mass is 9.94. The minimum absolute atomic E-state index is 0.125. The van der Waals surface area contributed by atoms with Crippen LogP contribution in [0.1, 0.15) is 12.8 Å². The number of ketones is 1. The Labute approximate surface area is 77.7 Å². The van der Waals surface area contributed by atoms with Crippen molar-refractivity contribution in [3.63, 3.8) is 0 Å². The molecule has 0 unspecified atom stereocenters. The quantitative estimate of drug-likeness (QED) is 0.610. The number of rotatable bonds is 3. The standard InChI is InChI=1S/C7H14N2O3S/c8-13(11,12)5-7(10)6-1-3-9-4-2-6/h6,9H,1-5H2,(H2,8,11,12). The fourth-order valence-corrected chi connectivity index (χ4v) is 2.09. The normalized spacial score (nSPS) is 20.1. The van der Waals surface area contributed by atoms with Crippen LogP contribution < -0.4 is 10.5 Å². The van der Waals surface area contributed by atoms with Gasteiger partial charge in [0.05, 0.1) is 0 Å². The third-order valence-corrected chi connectivity index (χ3v) is 2.82. The monoisotopic (exact) mass is 206 g/mol. The van der Waals surface area contributed by atoms with E-state index in [9.17, 15) is 13.2 Å². The molecule has 0 aromatic carbocycles. The van der Waals surface area contributed by atoms with Crippen molar-refractivity contribution in [1.82, 2.24) is 5.32 Å². The van der Waals surface area contributed by atoms with Gasteiger partial charge in [-0.1, -0.05) is 0 Å². The highest BCUT2D eigenvalue weighted by molar-refractivity contribution is 7.89. The maximum atomic E-state index is 11.3. The van der Waals surface area contributed by atoms with Gasteiger partial charge in [-0.3, -0.25) is 4.79 Å². The van der Waals surface area contributed by atoms with Crippen LogP contribution in [0.25, 0.3) is 0 Å². The summed E-state index contributed by atoms with van der Waals surface area (Å²) in [6.45, 7) is 1.56. The second-order valence-corrected chi connectivity index (χ2v) is 4.91. The predicted octanol–water partition coefficient (Wildman–Crippen LogP) is -1.16. The minimum atomic E-state index is -3.64. The Bertz CT molecular complexity index is 280. The molecule has 1 aliphatic rings. The molecule has 0 radical (unpaired) electrons. The van der Waals surface area contributed by atoms with E-state index in [0.29, 0.717) is 12.8 Å². The molecule has 0 atom stereocenters. The van der Waals surface area contributed by atoms with E-state index in [1.54, 1.807) is 0 Å². The molecule has 0 bridgehead atoms. The van der Waals surface area contributed by atoms with Crippen molar-refractivity contribution in [2.45, 2.75) is 12.8 Å². The Kier molecular flexibility index (Phi) is 3.40. The van der Waals surface area contributed by atoms with E-state index in [1.165, 1.54) is 0 Å². The van der Waals surface area contributed by atoms with Gasteiger partial charge in [-0.25, -0.2) is 13.6 Å². The van der Waals surface area contributed by atoms with Gasteiger partial charge in [-0.15, -0.1) is 0 Å². The summed E-state index contributed by atoms with van der Waals surface area (Å²) < 4.78 is 21.3. The van der Waals surface area contributed by atoms with Crippen LogP contribution in [0.2, 0.25) is 0 Å². The Morgan fingerprint density at radius 2 is 1.92 bits per heavy atom. The first-order chi connectivity index (χ1) is 5.99. The SMILES string of the molecule is NS(=O)(=O)CC(=O)C1CCNCC1. The highest BCUT2D eigenvalue weighted by atomic mass is 32.2. The van der Waals surface area contributed by atoms with E-state index in [0.717, 1.165) is 13.1 Å². The van der Waals surface area contributed by atoms with E-state index in [2.05, 4.69) is 5.32 Å². The van der Waals surface area contributed by atoms with Crippen molar-refractivity contribution >= 4 is 15.8 Å². The zero-order valence-electron chi connectivity index (χ0n) is 7.32. The fourth-order valence-electron chi connectivity index (χ4n) is 1.46. The molecule has 76 valence electrons. The topological polar surface area (TPSA) is 89.3 Å². The number of hydrogen-bond donors (Lipinski definition) is 2. The summed E-state index contributed by atoms with van der Waals surface area (Å²) in [6, 6.07) is 0. The van der Waals surface area contributed by atoms with E-state index in [-0.39, 0.29) is 11.7 Å². The zero-order valence-corrected chi connectivity index (χ0v) is 8.14. The summed E-state index contributed by atoms with van der Waals surface area (Å²) in [7, 11) is -3.64. The molecule has 1 heterocycles. The maximum absolute atomic E-state index is 11.3. The largest absolute Gasteiger partial charge is 0.317 e. The Morgan fingerprint density at radius 3 is 2.38 bits per heavy atom. The summed E-state index contributed by atoms with van der Waals surface area (Å²) in [4.78, 5) is 11.3. The highest BCUT2D eigenvalue weighted by Crippen LogP contribution is 2.12. The Balaban J connectivity index is 2.47. The number of Topliss-reactive ketones (excluding diaryl/α,β-unsaturated/α-hetero) is 1. The van der Waals surface area contributed by atoms with Gasteiger partial charge in [0, 0.05) is 5.92 Å². The fraction of sp³-hybridized carbons (Fsp3) is 0.857. The molecule has 1 saturated heterocycles. The van der Waals surface area contributed by atoms with E-state index in [4.69, 9.17) is 5.14 Å². The van der Waals surface area contributed by atoms with Crippen LogP contribution in [-0.4, -0.2) is 33.0 Å². The number of hydrogen-bond acceptors (Lipinski definition) is 4. The van der Waals surface area contributed by atoms with Crippen molar-refractivity contribution < 1.29 is 13.2 Å². The van der Waals surface area contributed by atoms with Gasteiger partial charge in [0.15, 0.2) is 5.78 Å². The first-order valence-electron chi connectivity index (χ1n) is 4.23. The molecular weight excluding hydrogens is 192 g/mol. The minimum Gasteiger partial charge on any atom is -0.317 e. The van der Waals surface area contributed by atoms with Gasteiger partial charge in [0.2, 0.25) is 10.0 Å². The first-order valence-corrected chi connectivity index (χ1v) is 5.94. The molecule has 0 aromatic heterocycles. The van der Waals surface area contributed by atoms with Gasteiger partial charge in [0.1, 0.15) is 5.75 Å². The number of carbonyl (C=O) groups is 1. The summed E-state index contributed by atoms with van der Waals surface area (Å²) in [6.07, 6.45) is 1.43. The molecule has 13 heavy (non-hydrogen) atoms. The number of sulfonamides is 1. The van der Waals surface area contributed by atoms with Crippen LogP contribution in [-0.2, 0) is 14.8 Å². The van der Waals surface area contributed by atoms with Gasteiger partial charge >= 0.3 is 0 Å². The number of carbonyl (C=O) groups excluding carboxylic acids is 1. The van der Waals surface area contributed by atoms with Crippen molar-refractivity contribution in [2.24, 2.45) is 11.1 Å². The molecule has 0 amide bonds. The number of nitrogens with one attached hydrogen (secondary N) is 1. The van der Waals surface area contributed by atoms with Crippen LogP contribution in [0.15, 0.2) is 0 Å². The van der Waals surface area contributed by atoms with Gasteiger partial charge in [0.25, 0.3) is 0 Å². The molecule has 5 nitrogen and oxygen atoms in total. The number of piperidine rings is 1. The van der Waals surface area contributed by atoms with Crippen molar-refractivity contribution in [2.75, 3.05) is 18.8 Å². The third kappa shape index (κ3) is 3.84. The average molecular weight is 206 g/mol. The smallest absolute Gasteiger partial charge is 0.216 e. The first kappa shape index (κ1) is 10.6. The molecule has 0 aliphatic carbocycles. The van der Waals surface area contributed by atoms with Crippen LogP contribution in [0.5, 0.6) is 0 Å². The molecule has 1 rings (SSSR count). The molecule has 0 saturated carbocycles. The van der Waals surface area contributed by atoms with Crippen LogP contribution in [0.4, 0.5) is 0 Å². The second kappa shape index (κ2) is 4.17. The molecule has 3 N–H and O–H groups in total. The third-order valence-electron chi connectivity index (χ3n) is 2.14. The summed E-state index contributed by atoms with van der Waals surface area (Å²) >= 11 is 0. The molecule has 0 aromatic rings. The number of nitrogens with two attached hydrogens (primary N) is 1. The molecular formula is C7H14N2O3S. The summed E-state index contributed by atoms with van der Waals surface area (Å²) in [5.41, 5.74) is 0. The van der Waals surface area contributed by atoms with Crippen molar-refractivity contribution in [3.8, 4) is 0 Å². The summed E-state index contributed by atoms with van der Waals surface area (Å²) in [5.74, 6) is -0.888.